The molecule has 34 heavy (non-hydrogen) atoms. The Kier molecular flexibility index (Phi) is 7.93. The average Bonchev–Trinajstić information content (AvgIpc) is 3.19. The highest BCUT2D eigenvalue weighted by Gasteiger charge is 2.36. The van der Waals surface area contributed by atoms with Gasteiger partial charge in [0.1, 0.15) is 11.6 Å². The number of likely N-dealkylation sites (tertiary alicyclic amines) is 1. The Morgan fingerprint density at radius 1 is 1.18 bits per heavy atom. The second kappa shape index (κ2) is 10.5. The largest absolute Gasteiger partial charge is 0.455 e. The van der Waals surface area contributed by atoms with Crippen molar-refractivity contribution >= 4 is 27.5 Å². The molecule has 1 aliphatic rings. The van der Waals surface area contributed by atoms with Gasteiger partial charge in [-0.3, -0.25) is 9.59 Å². The highest BCUT2D eigenvalue weighted by atomic mass is 32.2. The van der Waals surface area contributed by atoms with E-state index in [0.29, 0.717) is 18.8 Å². The van der Waals surface area contributed by atoms with Gasteiger partial charge >= 0.3 is 0 Å². The SMILES string of the molecule is CCN(CC)S(=O)(=O)c1ccc(Oc2ccc(F)cc2)c(NC(=O)C2CC(=O)N(C(C)C)C2)c1. The predicted molar refractivity (Wildman–Crippen MR) is 127 cm³/mol. The Morgan fingerprint density at radius 2 is 1.82 bits per heavy atom. The summed E-state index contributed by atoms with van der Waals surface area (Å²) in [5.41, 5.74) is 0.151. The lowest BCUT2D eigenvalue weighted by Gasteiger charge is -2.21. The molecule has 0 bridgehead atoms. The van der Waals surface area contributed by atoms with Crippen molar-refractivity contribution in [2.75, 3.05) is 25.0 Å². The van der Waals surface area contributed by atoms with Crippen LogP contribution < -0.4 is 10.1 Å². The molecule has 8 nitrogen and oxygen atoms in total. The van der Waals surface area contributed by atoms with E-state index < -0.39 is 27.7 Å². The average molecular weight is 492 g/mol. The van der Waals surface area contributed by atoms with E-state index in [1.165, 1.54) is 46.8 Å². The number of rotatable bonds is 9. The summed E-state index contributed by atoms with van der Waals surface area (Å²) in [4.78, 5) is 26.9. The fourth-order valence-electron chi connectivity index (χ4n) is 3.84. The normalized spacial score (nSPS) is 16.4. The van der Waals surface area contributed by atoms with E-state index in [4.69, 9.17) is 4.74 Å². The quantitative estimate of drug-likeness (QED) is 0.575. The predicted octanol–water partition coefficient (Wildman–Crippen LogP) is 3.84. The number of benzene rings is 2. The summed E-state index contributed by atoms with van der Waals surface area (Å²) in [7, 11) is -3.79. The van der Waals surface area contributed by atoms with E-state index >= 15 is 0 Å². The Bertz CT molecular complexity index is 1150. The molecule has 0 spiro atoms. The van der Waals surface area contributed by atoms with Crippen LogP contribution >= 0.6 is 0 Å². The number of carbonyl (C=O) groups excluding carboxylic acids is 2. The van der Waals surface area contributed by atoms with Gasteiger partial charge in [0.05, 0.1) is 16.5 Å². The topological polar surface area (TPSA) is 96.0 Å². The summed E-state index contributed by atoms with van der Waals surface area (Å²) in [6.07, 6.45) is 0.0790. The smallest absolute Gasteiger partial charge is 0.243 e. The lowest BCUT2D eigenvalue weighted by atomic mass is 10.1. The van der Waals surface area contributed by atoms with Crippen LogP contribution in [-0.4, -0.2) is 55.1 Å². The molecule has 3 rings (SSSR count). The Morgan fingerprint density at radius 3 is 2.38 bits per heavy atom. The van der Waals surface area contributed by atoms with Gasteiger partial charge in [-0.2, -0.15) is 4.31 Å². The van der Waals surface area contributed by atoms with E-state index in [-0.39, 0.29) is 41.2 Å². The first-order valence-electron chi connectivity index (χ1n) is 11.2. The summed E-state index contributed by atoms with van der Waals surface area (Å²) in [6.45, 7) is 8.13. The first-order chi connectivity index (χ1) is 16.1. The number of nitrogens with one attached hydrogen (secondary N) is 1. The Hall–Kier alpha value is -2.98. The number of sulfonamides is 1. The number of hydrogen-bond acceptors (Lipinski definition) is 5. The lowest BCUT2D eigenvalue weighted by molar-refractivity contribution is -0.129. The minimum atomic E-state index is -3.79. The maximum Gasteiger partial charge on any atom is 0.243 e. The molecule has 1 N–H and O–H groups in total. The third kappa shape index (κ3) is 5.56. The number of carbonyl (C=O) groups is 2. The molecule has 2 aromatic carbocycles. The van der Waals surface area contributed by atoms with Gasteiger partial charge in [-0.15, -0.1) is 0 Å². The van der Waals surface area contributed by atoms with Crippen LogP contribution in [0.4, 0.5) is 10.1 Å². The first-order valence-corrected chi connectivity index (χ1v) is 12.7. The highest BCUT2D eigenvalue weighted by Crippen LogP contribution is 2.34. The van der Waals surface area contributed by atoms with Crippen LogP contribution in [-0.2, 0) is 19.6 Å². The zero-order chi connectivity index (χ0) is 25.0. The molecule has 184 valence electrons. The van der Waals surface area contributed by atoms with E-state index in [1.807, 2.05) is 13.8 Å². The molecule has 0 aromatic heterocycles. The third-order valence-corrected chi connectivity index (χ3v) is 7.79. The van der Waals surface area contributed by atoms with Gasteiger partial charge in [-0.1, -0.05) is 13.8 Å². The van der Waals surface area contributed by atoms with Crippen LogP contribution in [0.5, 0.6) is 11.5 Å². The van der Waals surface area contributed by atoms with Crippen LogP contribution in [0, 0.1) is 11.7 Å². The number of nitrogens with zero attached hydrogens (tertiary/aromatic N) is 2. The van der Waals surface area contributed by atoms with Crippen molar-refractivity contribution in [1.29, 1.82) is 0 Å². The maximum absolute atomic E-state index is 13.3. The van der Waals surface area contributed by atoms with Crippen LogP contribution in [0.1, 0.15) is 34.1 Å². The molecule has 2 amide bonds. The zero-order valence-electron chi connectivity index (χ0n) is 19.7. The Labute approximate surface area is 199 Å². The molecule has 2 aromatic rings. The van der Waals surface area contributed by atoms with Crippen LogP contribution in [0.25, 0.3) is 0 Å². The molecular weight excluding hydrogens is 461 g/mol. The molecule has 1 heterocycles. The van der Waals surface area contributed by atoms with Crippen molar-refractivity contribution in [3.8, 4) is 11.5 Å². The zero-order valence-corrected chi connectivity index (χ0v) is 20.6. The molecule has 1 saturated heterocycles. The number of hydrogen-bond donors (Lipinski definition) is 1. The first kappa shape index (κ1) is 25.6. The number of anilines is 1. The van der Waals surface area contributed by atoms with E-state index in [1.54, 1.807) is 18.7 Å². The summed E-state index contributed by atoms with van der Waals surface area (Å²) in [6, 6.07) is 9.51. The highest BCUT2D eigenvalue weighted by molar-refractivity contribution is 7.89. The van der Waals surface area contributed by atoms with Gasteiger partial charge < -0.3 is 15.0 Å². The summed E-state index contributed by atoms with van der Waals surface area (Å²) in [5.74, 6) is -0.992. The summed E-state index contributed by atoms with van der Waals surface area (Å²) in [5, 5.41) is 2.75. The van der Waals surface area contributed by atoms with Gasteiger partial charge in [0.25, 0.3) is 0 Å². The van der Waals surface area contributed by atoms with Crippen molar-refractivity contribution in [3.05, 3.63) is 48.3 Å². The lowest BCUT2D eigenvalue weighted by Crippen LogP contribution is -2.33. The van der Waals surface area contributed by atoms with Gasteiger partial charge in [-0.05, 0) is 56.3 Å². The van der Waals surface area contributed by atoms with Crippen molar-refractivity contribution in [1.82, 2.24) is 9.21 Å². The second-order valence-corrected chi connectivity index (χ2v) is 10.3. The second-order valence-electron chi connectivity index (χ2n) is 8.33. The van der Waals surface area contributed by atoms with Gasteiger partial charge in [0.2, 0.25) is 21.8 Å². The maximum atomic E-state index is 13.3. The van der Waals surface area contributed by atoms with Gasteiger partial charge in [-0.25, -0.2) is 12.8 Å². The van der Waals surface area contributed by atoms with E-state index in [9.17, 15) is 22.4 Å². The molecule has 10 heteroatoms. The molecule has 1 fully saturated rings. The minimum Gasteiger partial charge on any atom is -0.455 e. The summed E-state index contributed by atoms with van der Waals surface area (Å²) >= 11 is 0. The fourth-order valence-corrected chi connectivity index (χ4v) is 5.32. The molecular formula is C24H30FN3O5S. The molecule has 0 radical (unpaired) electrons. The molecule has 1 aliphatic heterocycles. The summed E-state index contributed by atoms with van der Waals surface area (Å²) < 4.78 is 46.5. The van der Waals surface area contributed by atoms with Crippen molar-refractivity contribution in [2.45, 2.75) is 45.1 Å². The standard InChI is InChI=1S/C24H30FN3O5S/c1-5-27(6-2)34(31,32)20-11-12-22(33-19-9-7-18(25)8-10-19)21(14-20)26-24(30)17-13-23(29)28(15-17)16(3)4/h7-12,14,16-17H,5-6,13,15H2,1-4H3,(H,26,30). The number of halogens is 1. The van der Waals surface area contributed by atoms with Crippen LogP contribution in [0.3, 0.4) is 0 Å². The van der Waals surface area contributed by atoms with Gasteiger partial charge in [0, 0.05) is 32.1 Å². The van der Waals surface area contributed by atoms with E-state index in [0.717, 1.165) is 0 Å². The minimum absolute atomic E-state index is 0.00395. The monoisotopic (exact) mass is 491 g/mol. The van der Waals surface area contributed by atoms with Gasteiger partial charge in [0.15, 0.2) is 5.75 Å². The molecule has 0 aliphatic carbocycles. The van der Waals surface area contributed by atoms with E-state index in [2.05, 4.69) is 5.32 Å². The van der Waals surface area contributed by atoms with Crippen molar-refractivity contribution in [3.63, 3.8) is 0 Å². The fraction of sp³-hybridized carbons (Fsp3) is 0.417. The molecule has 1 unspecified atom stereocenters. The van der Waals surface area contributed by atoms with Crippen molar-refractivity contribution < 1.29 is 27.1 Å². The number of ether oxygens (including phenoxy) is 1. The van der Waals surface area contributed by atoms with Crippen LogP contribution in [0.15, 0.2) is 47.4 Å². The Balaban J connectivity index is 1.94. The third-order valence-electron chi connectivity index (χ3n) is 5.75. The molecule has 1 atom stereocenters. The number of amides is 2. The van der Waals surface area contributed by atoms with Crippen molar-refractivity contribution in [2.24, 2.45) is 5.92 Å². The van der Waals surface area contributed by atoms with Crippen LogP contribution in [0.2, 0.25) is 0 Å². The molecule has 0 saturated carbocycles.